The third-order valence-electron chi connectivity index (χ3n) is 2.65. The molecule has 4 nitrogen and oxygen atoms in total. The van der Waals surface area contributed by atoms with Crippen LogP contribution in [0.4, 0.5) is 0 Å². The smallest absolute Gasteiger partial charge is 0.238 e. The Labute approximate surface area is 105 Å². The Hall–Kier alpha value is 0.0900. The summed E-state index contributed by atoms with van der Waals surface area (Å²) in [6.45, 7) is 2.92. The lowest BCUT2D eigenvalue weighted by Gasteiger charge is -2.26. The van der Waals surface area contributed by atoms with Gasteiger partial charge in [-0.15, -0.1) is 0 Å². The summed E-state index contributed by atoms with van der Waals surface area (Å²) in [5.74, 6) is 1.96. The van der Waals surface area contributed by atoms with Crippen LogP contribution >= 0.6 is 23.5 Å². The Morgan fingerprint density at radius 1 is 1.75 bits per heavy atom. The average molecular weight is 264 g/mol. The topological polar surface area (TPSA) is 61.4 Å². The zero-order chi connectivity index (χ0) is 12.0. The second kappa shape index (κ2) is 7.42. The molecule has 1 rings (SSSR count). The highest BCUT2D eigenvalue weighted by Gasteiger charge is 2.24. The van der Waals surface area contributed by atoms with Gasteiger partial charge >= 0.3 is 0 Å². The molecule has 1 saturated heterocycles. The first-order valence-corrected chi connectivity index (χ1v) is 7.88. The van der Waals surface area contributed by atoms with Crippen LogP contribution in [0.25, 0.3) is 0 Å². The minimum Gasteiger partial charge on any atom is -0.395 e. The van der Waals surface area contributed by atoms with Gasteiger partial charge in [-0.1, -0.05) is 0 Å². The lowest BCUT2D eigenvalue weighted by molar-refractivity contribution is -0.123. The van der Waals surface area contributed by atoms with Gasteiger partial charge in [-0.3, -0.25) is 4.79 Å². The molecule has 6 heteroatoms. The third kappa shape index (κ3) is 4.16. The Balaban J connectivity index is 2.37. The van der Waals surface area contributed by atoms with Crippen molar-refractivity contribution in [2.75, 3.05) is 30.9 Å². The van der Waals surface area contributed by atoms with Crippen LogP contribution in [0.15, 0.2) is 0 Å². The maximum absolute atomic E-state index is 11.9. The lowest BCUT2D eigenvalue weighted by Crippen LogP contribution is -2.53. The van der Waals surface area contributed by atoms with E-state index in [1.54, 1.807) is 23.5 Å². The highest BCUT2D eigenvalue weighted by atomic mass is 32.2. The molecular weight excluding hydrogens is 244 g/mol. The second-order valence-electron chi connectivity index (χ2n) is 3.84. The van der Waals surface area contributed by atoms with Crippen LogP contribution in [-0.4, -0.2) is 59.3 Å². The molecule has 1 amide bonds. The molecular formula is C10H20N2O2S2. The van der Waals surface area contributed by atoms with E-state index in [1.807, 2.05) is 13.2 Å². The van der Waals surface area contributed by atoms with Crippen molar-refractivity contribution in [3.63, 3.8) is 0 Å². The first-order chi connectivity index (χ1) is 7.69. The van der Waals surface area contributed by atoms with Gasteiger partial charge in [0.2, 0.25) is 5.91 Å². The maximum atomic E-state index is 11.9. The predicted octanol–water partition coefficient (Wildman–Crippen LogP) is -0.0800. The molecule has 0 aliphatic carbocycles. The van der Waals surface area contributed by atoms with Crippen LogP contribution in [-0.2, 0) is 4.79 Å². The van der Waals surface area contributed by atoms with Crippen LogP contribution < -0.4 is 10.6 Å². The fourth-order valence-corrected chi connectivity index (χ4v) is 3.15. The van der Waals surface area contributed by atoms with Crippen molar-refractivity contribution in [3.8, 4) is 0 Å². The molecule has 0 radical (unpaired) electrons. The Morgan fingerprint density at radius 3 is 3.00 bits per heavy atom. The molecule has 0 spiro atoms. The highest BCUT2D eigenvalue weighted by Crippen LogP contribution is 2.12. The summed E-state index contributed by atoms with van der Waals surface area (Å²) in [5.41, 5.74) is 0. The molecule has 0 saturated carbocycles. The van der Waals surface area contributed by atoms with Crippen molar-refractivity contribution in [3.05, 3.63) is 0 Å². The number of carbonyl (C=O) groups excluding carboxylic acids is 1. The lowest BCUT2D eigenvalue weighted by atomic mass is 10.2. The van der Waals surface area contributed by atoms with E-state index in [9.17, 15) is 4.79 Å². The normalized spacial score (nSPS) is 24.8. The van der Waals surface area contributed by atoms with Crippen LogP contribution in [0, 0.1) is 0 Å². The van der Waals surface area contributed by atoms with E-state index in [-0.39, 0.29) is 29.8 Å². The molecule has 0 aromatic carbocycles. The van der Waals surface area contributed by atoms with Crippen molar-refractivity contribution in [2.45, 2.75) is 24.3 Å². The Morgan fingerprint density at radius 2 is 2.50 bits per heavy atom. The molecule has 1 heterocycles. The van der Waals surface area contributed by atoms with Crippen LogP contribution in [0.2, 0.25) is 0 Å². The van der Waals surface area contributed by atoms with Gasteiger partial charge < -0.3 is 15.7 Å². The molecule has 94 valence electrons. The number of hydrogen-bond acceptors (Lipinski definition) is 5. The quantitative estimate of drug-likeness (QED) is 0.648. The minimum atomic E-state index is -0.0811. The van der Waals surface area contributed by atoms with Gasteiger partial charge in [-0.2, -0.15) is 23.5 Å². The first-order valence-electron chi connectivity index (χ1n) is 5.44. The van der Waals surface area contributed by atoms with Gasteiger partial charge in [0.05, 0.1) is 12.6 Å². The Bertz CT molecular complexity index is 219. The maximum Gasteiger partial charge on any atom is 0.238 e. The van der Waals surface area contributed by atoms with Crippen LogP contribution in [0.3, 0.4) is 0 Å². The highest BCUT2D eigenvalue weighted by molar-refractivity contribution is 7.99. The second-order valence-corrected chi connectivity index (χ2v) is 6.06. The minimum absolute atomic E-state index is 0.00114. The predicted molar refractivity (Wildman–Crippen MR) is 71.1 cm³/mol. The molecule has 0 aromatic heterocycles. The summed E-state index contributed by atoms with van der Waals surface area (Å²) in [7, 11) is 0. The van der Waals surface area contributed by atoms with E-state index < -0.39 is 0 Å². The molecule has 16 heavy (non-hydrogen) atoms. The van der Waals surface area contributed by atoms with Gasteiger partial charge in [-0.25, -0.2) is 0 Å². The molecule has 0 aromatic rings. The van der Waals surface area contributed by atoms with E-state index >= 15 is 0 Å². The number of hydrogen-bond donors (Lipinski definition) is 3. The number of amides is 1. The Kier molecular flexibility index (Phi) is 6.57. The average Bonchev–Trinajstić information content (AvgIpc) is 2.31. The van der Waals surface area contributed by atoms with Gasteiger partial charge in [0.1, 0.15) is 0 Å². The first kappa shape index (κ1) is 14.2. The molecule has 1 aliphatic rings. The fraction of sp³-hybridized carbons (Fsp3) is 0.900. The van der Waals surface area contributed by atoms with Crippen LogP contribution in [0.1, 0.15) is 6.92 Å². The SMILES string of the molecule is CSC(CO)C(C)NC(=O)C1CSCCN1. The molecule has 1 aliphatic heterocycles. The number of thioether (sulfide) groups is 2. The van der Waals surface area contributed by atoms with Crippen molar-refractivity contribution >= 4 is 29.4 Å². The zero-order valence-corrected chi connectivity index (χ0v) is 11.4. The van der Waals surface area contributed by atoms with Crippen LogP contribution in [0.5, 0.6) is 0 Å². The van der Waals surface area contributed by atoms with Gasteiger partial charge in [0.15, 0.2) is 0 Å². The summed E-state index contributed by atoms with van der Waals surface area (Å²) in [6, 6.07) is -0.0800. The molecule has 1 fully saturated rings. The molecule has 3 unspecified atom stereocenters. The fourth-order valence-electron chi connectivity index (χ4n) is 1.59. The van der Waals surface area contributed by atoms with Crippen molar-refractivity contribution < 1.29 is 9.90 Å². The van der Waals surface area contributed by atoms with Crippen molar-refractivity contribution in [1.29, 1.82) is 0 Å². The van der Waals surface area contributed by atoms with E-state index in [2.05, 4.69) is 10.6 Å². The summed E-state index contributed by atoms with van der Waals surface area (Å²) in [6.07, 6.45) is 1.94. The van der Waals surface area contributed by atoms with Gasteiger partial charge in [0, 0.05) is 29.3 Å². The number of aliphatic hydroxyl groups excluding tert-OH is 1. The van der Waals surface area contributed by atoms with E-state index in [0.29, 0.717) is 0 Å². The summed E-state index contributed by atoms with van der Waals surface area (Å²) in [4.78, 5) is 11.9. The van der Waals surface area contributed by atoms with E-state index in [4.69, 9.17) is 5.11 Å². The standard InChI is InChI=1S/C10H20N2O2S2/c1-7(9(5-13)15-2)12-10(14)8-6-16-4-3-11-8/h7-9,11,13H,3-6H2,1-2H3,(H,12,14). The van der Waals surface area contributed by atoms with Gasteiger partial charge in [-0.05, 0) is 13.2 Å². The molecule has 3 atom stereocenters. The zero-order valence-electron chi connectivity index (χ0n) is 9.73. The number of rotatable bonds is 5. The monoisotopic (exact) mass is 264 g/mol. The number of aliphatic hydroxyl groups is 1. The van der Waals surface area contributed by atoms with E-state index in [1.165, 1.54) is 0 Å². The van der Waals surface area contributed by atoms with E-state index in [0.717, 1.165) is 18.1 Å². The summed E-state index contributed by atoms with van der Waals surface area (Å²) >= 11 is 3.38. The largest absolute Gasteiger partial charge is 0.395 e. The molecule has 0 bridgehead atoms. The molecule has 3 N–H and O–H groups in total. The summed E-state index contributed by atoms with van der Waals surface area (Å²) in [5, 5.41) is 15.4. The third-order valence-corrected chi connectivity index (χ3v) is 4.87. The van der Waals surface area contributed by atoms with Gasteiger partial charge in [0.25, 0.3) is 0 Å². The number of carbonyl (C=O) groups is 1. The van der Waals surface area contributed by atoms with Crippen molar-refractivity contribution in [2.24, 2.45) is 0 Å². The summed E-state index contributed by atoms with van der Waals surface area (Å²) < 4.78 is 0. The van der Waals surface area contributed by atoms with Crippen molar-refractivity contribution in [1.82, 2.24) is 10.6 Å². The number of nitrogens with one attached hydrogen (secondary N) is 2.